The summed E-state index contributed by atoms with van der Waals surface area (Å²) in [6.45, 7) is 2.76. The van der Waals surface area contributed by atoms with E-state index < -0.39 is 0 Å². The molecule has 7 nitrogen and oxygen atoms in total. The molecule has 7 heteroatoms. The Balaban J connectivity index is 1.69. The van der Waals surface area contributed by atoms with Gasteiger partial charge in [-0.05, 0) is 29.2 Å². The maximum Gasteiger partial charge on any atom is 0.338 e. The van der Waals surface area contributed by atoms with Gasteiger partial charge in [0.25, 0.3) is 0 Å². The van der Waals surface area contributed by atoms with E-state index in [0.29, 0.717) is 23.5 Å². The predicted molar refractivity (Wildman–Crippen MR) is 118 cm³/mol. The lowest BCUT2D eigenvalue weighted by atomic mass is 9.98. The number of esters is 1. The second-order valence-corrected chi connectivity index (χ2v) is 7.15. The van der Waals surface area contributed by atoms with Gasteiger partial charge in [-0.25, -0.2) is 14.8 Å². The number of nitrogens with zero attached hydrogens (tertiary/aromatic N) is 4. The summed E-state index contributed by atoms with van der Waals surface area (Å²) in [7, 11) is 2.98. The molecule has 0 fully saturated rings. The van der Waals surface area contributed by atoms with Crippen molar-refractivity contribution in [1.29, 1.82) is 0 Å². The van der Waals surface area contributed by atoms with Crippen LogP contribution in [0.3, 0.4) is 0 Å². The van der Waals surface area contributed by atoms with Gasteiger partial charge in [0.1, 0.15) is 12.2 Å². The number of hydrogen-bond acceptors (Lipinski definition) is 6. The first-order valence-electron chi connectivity index (χ1n) is 10.2. The molecule has 0 bridgehead atoms. The Bertz CT molecular complexity index is 1220. The second-order valence-electron chi connectivity index (χ2n) is 7.15. The molecule has 0 N–H and O–H groups in total. The fourth-order valence-corrected chi connectivity index (χ4v) is 3.69. The number of aromatic nitrogens is 4. The summed E-state index contributed by atoms with van der Waals surface area (Å²) in [5.41, 5.74) is 4.89. The van der Waals surface area contributed by atoms with Crippen molar-refractivity contribution in [2.24, 2.45) is 0 Å². The molecule has 0 spiro atoms. The minimum absolute atomic E-state index is 0.345. The van der Waals surface area contributed by atoms with E-state index >= 15 is 0 Å². The van der Waals surface area contributed by atoms with Crippen LogP contribution in [0.2, 0.25) is 0 Å². The highest BCUT2D eigenvalue weighted by Crippen LogP contribution is 2.26. The third kappa shape index (κ3) is 3.99. The summed E-state index contributed by atoms with van der Waals surface area (Å²) in [5, 5.41) is 0. The van der Waals surface area contributed by atoms with Gasteiger partial charge < -0.3 is 14.0 Å². The van der Waals surface area contributed by atoms with Crippen molar-refractivity contribution >= 4 is 17.1 Å². The zero-order chi connectivity index (χ0) is 21.8. The number of benzene rings is 2. The Labute approximate surface area is 180 Å². The number of hydrogen-bond donors (Lipinski definition) is 0. The van der Waals surface area contributed by atoms with Gasteiger partial charge in [-0.2, -0.15) is 4.98 Å². The van der Waals surface area contributed by atoms with E-state index in [4.69, 9.17) is 14.5 Å². The van der Waals surface area contributed by atoms with Crippen LogP contribution >= 0.6 is 0 Å². The van der Waals surface area contributed by atoms with Gasteiger partial charge in [-0.3, -0.25) is 0 Å². The van der Waals surface area contributed by atoms with Gasteiger partial charge in [0.15, 0.2) is 11.2 Å². The van der Waals surface area contributed by atoms with Gasteiger partial charge in [-0.15, -0.1) is 0 Å². The first kappa shape index (κ1) is 20.5. The lowest BCUT2D eigenvalue weighted by Crippen LogP contribution is -2.06. The molecule has 0 aliphatic heterocycles. The van der Waals surface area contributed by atoms with Crippen molar-refractivity contribution in [3.8, 4) is 17.0 Å². The standard InChI is InChI=1S/C24H24N4O3/c1-4-7-20-27-21-22(25-15-26-23(21)30-2)28(20)14-16-10-12-17(13-11-16)18-8-5-6-9-19(18)24(29)31-3/h5-6,8-13,15H,4,7,14H2,1-3H3. The number of carbonyl (C=O) groups is 1. The molecule has 2 aromatic carbocycles. The summed E-state index contributed by atoms with van der Waals surface area (Å²) in [5.74, 6) is 1.09. The van der Waals surface area contributed by atoms with E-state index in [0.717, 1.165) is 41.0 Å². The van der Waals surface area contributed by atoms with Crippen molar-refractivity contribution in [3.63, 3.8) is 0 Å². The normalized spacial score (nSPS) is 10.9. The zero-order valence-electron chi connectivity index (χ0n) is 17.8. The lowest BCUT2D eigenvalue weighted by Gasteiger charge is -2.11. The number of ether oxygens (including phenoxy) is 2. The van der Waals surface area contributed by atoms with Gasteiger partial charge in [0.05, 0.1) is 26.3 Å². The lowest BCUT2D eigenvalue weighted by molar-refractivity contribution is 0.0601. The minimum Gasteiger partial charge on any atom is -0.479 e. The molecule has 0 atom stereocenters. The Hall–Kier alpha value is -3.74. The van der Waals surface area contributed by atoms with Crippen LogP contribution in [0.4, 0.5) is 0 Å². The molecule has 0 radical (unpaired) electrons. The van der Waals surface area contributed by atoms with Crippen LogP contribution in [0.5, 0.6) is 5.88 Å². The smallest absolute Gasteiger partial charge is 0.338 e. The SMILES string of the molecule is CCCc1nc2c(OC)ncnc2n1Cc1ccc(-c2ccccc2C(=O)OC)cc1. The Morgan fingerprint density at radius 1 is 1.03 bits per heavy atom. The minimum atomic E-state index is -0.345. The summed E-state index contributed by atoms with van der Waals surface area (Å²) >= 11 is 0. The number of imidazole rings is 1. The van der Waals surface area contributed by atoms with Crippen LogP contribution in [-0.4, -0.2) is 39.7 Å². The number of methoxy groups -OCH3 is 2. The van der Waals surface area contributed by atoms with E-state index in [1.54, 1.807) is 13.2 Å². The fraction of sp³-hybridized carbons (Fsp3) is 0.250. The number of aryl methyl sites for hydroxylation is 1. The zero-order valence-corrected chi connectivity index (χ0v) is 17.8. The molecule has 0 aliphatic rings. The third-order valence-corrected chi connectivity index (χ3v) is 5.18. The Morgan fingerprint density at radius 2 is 1.81 bits per heavy atom. The highest BCUT2D eigenvalue weighted by Gasteiger charge is 2.17. The average Bonchev–Trinajstić information content (AvgIpc) is 3.16. The summed E-state index contributed by atoms with van der Waals surface area (Å²) in [4.78, 5) is 25.5. The molecular weight excluding hydrogens is 392 g/mol. The summed E-state index contributed by atoms with van der Waals surface area (Å²) in [6.07, 6.45) is 3.31. The molecular formula is C24H24N4O3. The highest BCUT2D eigenvalue weighted by molar-refractivity contribution is 5.97. The van der Waals surface area contributed by atoms with Gasteiger partial charge in [0, 0.05) is 6.42 Å². The number of fused-ring (bicyclic) bond motifs is 1. The van der Waals surface area contributed by atoms with Gasteiger partial charge in [0.2, 0.25) is 5.88 Å². The molecule has 31 heavy (non-hydrogen) atoms. The highest BCUT2D eigenvalue weighted by atomic mass is 16.5. The maximum absolute atomic E-state index is 12.1. The van der Waals surface area contributed by atoms with E-state index in [2.05, 4.69) is 33.6 Å². The second kappa shape index (κ2) is 8.95. The molecule has 0 amide bonds. The maximum atomic E-state index is 12.1. The van der Waals surface area contributed by atoms with Crippen molar-refractivity contribution in [2.45, 2.75) is 26.3 Å². The van der Waals surface area contributed by atoms with E-state index in [-0.39, 0.29) is 5.97 Å². The van der Waals surface area contributed by atoms with Crippen LogP contribution in [0.15, 0.2) is 54.9 Å². The number of rotatable bonds is 7. The fourth-order valence-electron chi connectivity index (χ4n) is 3.69. The van der Waals surface area contributed by atoms with Crippen LogP contribution < -0.4 is 4.74 Å². The molecule has 158 valence electrons. The van der Waals surface area contributed by atoms with Crippen molar-refractivity contribution < 1.29 is 14.3 Å². The Kier molecular flexibility index (Phi) is 5.93. The van der Waals surface area contributed by atoms with Crippen molar-refractivity contribution in [3.05, 3.63) is 71.8 Å². The van der Waals surface area contributed by atoms with Crippen LogP contribution in [-0.2, 0) is 17.7 Å². The average molecular weight is 416 g/mol. The van der Waals surface area contributed by atoms with Gasteiger partial charge >= 0.3 is 5.97 Å². The largest absolute Gasteiger partial charge is 0.479 e. The van der Waals surface area contributed by atoms with E-state index in [1.165, 1.54) is 13.4 Å². The molecule has 4 rings (SSSR count). The van der Waals surface area contributed by atoms with E-state index in [1.807, 2.05) is 30.3 Å². The monoisotopic (exact) mass is 416 g/mol. The van der Waals surface area contributed by atoms with Crippen LogP contribution in [0.25, 0.3) is 22.3 Å². The predicted octanol–water partition coefficient (Wildman–Crippen LogP) is 4.29. The summed E-state index contributed by atoms with van der Waals surface area (Å²) in [6, 6.07) is 15.6. The quantitative estimate of drug-likeness (QED) is 0.418. The number of carbonyl (C=O) groups excluding carboxylic acids is 1. The first-order chi connectivity index (χ1) is 15.2. The molecule has 0 saturated carbocycles. The first-order valence-corrected chi connectivity index (χ1v) is 10.2. The van der Waals surface area contributed by atoms with Crippen molar-refractivity contribution in [1.82, 2.24) is 19.5 Å². The van der Waals surface area contributed by atoms with Gasteiger partial charge in [-0.1, -0.05) is 49.4 Å². The van der Waals surface area contributed by atoms with E-state index in [9.17, 15) is 4.79 Å². The molecule has 0 aliphatic carbocycles. The summed E-state index contributed by atoms with van der Waals surface area (Å²) < 4.78 is 12.4. The topological polar surface area (TPSA) is 79.1 Å². The Morgan fingerprint density at radius 3 is 2.52 bits per heavy atom. The van der Waals surface area contributed by atoms with Crippen LogP contribution in [0, 0.1) is 0 Å². The van der Waals surface area contributed by atoms with Crippen molar-refractivity contribution in [2.75, 3.05) is 14.2 Å². The third-order valence-electron chi connectivity index (χ3n) is 5.18. The molecule has 0 saturated heterocycles. The van der Waals surface area contributed by atoms with Crippen LogP contribution in [0.1, 0.15) is 35.1 Å². The molecule has 2 heterocycles. The molecule has 2 aromatic heterocycles. The molecule has 0 unspecified atom stereocenters. The molecule has 4 aromatic rings.